The number of aldehydes is 1. The zero-order chi connectivity index (χ0) is 50.9. The Morgan fingerprint density at radius 3 is 1.94 bits per heavy atom. The van der Waals surface area contributed by atoms with Crippen LogP contribution in [0.3, 0.4) is 0 Å². The highest BCUT2D eigenvalue weighted by Crippen LogP contribution is 2.34. The number of imidazole rings is 2. The molecule has 2 N–H and O–H groups in total. The molecular weight excluding hydrogens is 993 g/mol. The van der Waals surface area contributed by atoms with Gasteiger partial charge in [-0.25, -0.2) is 23.7 Å². The Kier molecular flexibility index (Phi) is 16.1. The molecule has 0 radical (unpaired) electrons. The molecule has 0 bridgehead atoms. The first-order chi connectivity index (χ1) is 34.9. The van der Waals surface area contributed by atoms with Gasteiger partial charge in [0.25, 0.3) is 5.82 Å². The van der Waals surface area contributed by atoms with Crippen LogP contribution in [0.25, 0.3) is 27.3 Å². The number of nitrogens with zero attached hydrogens (tertiary/aromatic N) is 7. The van der Waals surface area contributed by atoms with Gasteiger partial charge in [-0.05, 0) is 95.7 Å². The molecule has 0 atom stereocenters. The van der Waals surface area contributed by atoms with Crippen molar-refractivity contribution in [1.82, 2.24) is 28.7 Å². The number of aryl methyl sites for hydroxylation is 4. The normalized spacial score (nSPS) is 13.2. The molecule has 1 saturated heterocycles. The fourth-order valence-corrected chi connectivity index (χ4v) is 8.89. The van der Waals surface area contributed by atoms with Gasteiger partial charge in [-0.2, -0.15) is 9.59 Å². The second-order valence-electron chi connectivity index (χ2n) is 16.7. The van der Waals surface area contributed by atoms with Crippen molar-refractivity contribution in [3.63, 3.8) is 0 Å². The van der Waals surface area contributed by atoms with Gasteiger partial charge in [0.2, 0.25) is 17.5 Å². The van der Waals surface area contributed by atoms with Crippen LogP contribution in [0.4, 0.5) is 26.5 Å². The summed E-state index contributed by atoms with van der Waals surface area (Å²) >= 11 is 3.47. The van der Waals surface area contributed by atoms with Crippen molar-refractivity contribution >= 4 is 57.4 Å². The van der Waals surface area contributed by atoms with E-state index in [0.717, 1.165) is 74.1 Å². The van der Waals surface area contributed by atoms with Crippen LogP contribution < -0.4 is 20.1 Å². The van der Waals surface area contributed by atoms with Gasteiger partial charge in [0.05, 0.1) is 42.2 Å². The van der Waals surface area contributed by atoms with Crippen LogP contribution in [0.15, 0.2) is 89.9 Å². The third-order valence-corrected chi connectivity index (χ3v) is 12.8. The van der Waals surface area contributed by atoms with Gasteiger partial charge in [-0.15, -0.1) is 0 Å². The van der Waals surface area contributed by atoms with Crippen molar-refractivity contribution in [2.24, 2.45) is 0 Å². The molecule has 11 rings (SSSR count). The maximum Gasteiger partial charge on any atom is 0.373 e. The molecule has 19 heteroatoms. The topological polar surface area (TPSA) is 177 Å². The number of halogens is 3. The number of aromatic nitrogens is 6. The summed E-state index contributed by atoms with van der Waals surface area (Å²) < 4.78 is 55.1. The highest BCUT2D eigenvalue weighted by Gasteiger charge is 2.23. The van der Waals surface area contributed by atoms with Gasteiger partial charge < -0.3 is 34.4 Å². The van der Waals surface area contributed by atoms with Crippen molar-refractivity contribution in [3.05, 3.63) is 169 Å². The van der Waals surface area contributed by atoms with Crippen LogP contribution in [-0.4, -0.2) is 67.6 Å². The highest BCUT2D eigenvalue weighted by molar-refractivity contribution is 9.10. The van der Waals surface area contributed by atoms with E-state index in [0.29, 0.717) is 79.4 Å². The van der Waals surface area contributed by atoms with Gasteiger partial charge in [0.1, 0.15) is 29.4 Å². The first kappa shape index (κ1) is 50.5. The maximum absolute atomic E-state index is 14.5. The molecule has 16 nitrogen and oxygen atoms in total. The number of nitrogens with one attached hydrogen (secondary N) is 2. The molecule has 368 valence electrons. The Morgan fingerprint density at radius 2 is 1.38 bits per heavy atom. The minimum absolute atomic E-state index is 0.140. The lowest BCUT2D eigenvalue weighted by molar-refractivity contribution is -0.191. The molecule has 0 aliphatic carbocycles. The molecule has 3 aliphatic rings. The first-order valence-electron chi connectivity index (χ1n) is 22.9. The number of fused-ring (bicyclic) bond motifs is 4. The van der Waals surface area contributed by atoms with Crippen LogP contribution in [0, 0.1) is 39.0 Å². The number of carbonyl (C=O) groups is 1. The van der Waals surface area contributed by atoms with Gasteiger partial charge in [0.15, 0.2) is 11.9 Å². The van der Waals surface area contributed by atoms with Gasteiger partial charge in [-0.3, -0.25) is 13.6 Å². The van der Waals surface area contributed by atoms with Gasteiger partial charge >= 0.3 is 6.15 Å². The zero-order valence-electron chi connectivity index (χ0n) is 39.7. The monoisotopic (exact) mass is 1040 g/mol. The van der Waals surface area contributed by atoms with Gasteiger partial charge in [0, 0.05) is 84.1 Å². The number of anilines is 2. The van der Waals surface area contributed by atoms with Crippen molar-refractivity contribution in [1.29, 1.82) is 0 Å². The van der Waals surface area contributed by atoms with Crippen molar-refractivity contribution < 1.29 is 42.1 Å². The quantitative estimate of drug-likeness (QED) is 0.0978. The summed E-state index contributed by atoms with van der Waals surface area (Å²) in [6.07, 6.45) is 10.1. The number of ether oxygens (including phenoxy) is 4. The van der Waals surface area contributed by atoms with Crippen LogP contribution in [0.2, 0.25) is 0 Å². The lowest BCUT2D eigenvalue weighted by Crippen LogP contribution is -2.09. The van der Waals surface area contributed by atoms with E-state index >= 15 is 0 Å². The summed E-state index contributed by atoms with van der Waals surface area (Å²) in [4.78, 5) is 48.7. The summed E-state index contributed by atoms with van der Waals surface area (Å²) in [7, 11) is 0. The van der Waals surface area contributed by atoms with Crippen LogP contribution in [0.1, 0.15) is 73.8 Å². The third-order valence-electron chi connectivity index (χ3n) is 12.3. The molecule has 8 aromatic rings. The molecule has 4 aromatic heterocycles. The molecule has 72 heavy (non-hydrogen) atoms. The SMILES string of the molecule is CCc1cn2c(NCc3c(F)ccc4c3CCO4)ncc(Br)c2n1.Cc1ccc(C2OCCO2)cc1C.O=C=O.[C-]#[N+]c1cn2c(NCc3c(F)ccc4c3CCO4)ncc(-c3ccc(C=O)cc3C)c2n1. The fraction of sp³-hybridized carbons (Fsp3) is 0.264. The number of benzene rings is 4. The summed E-state index contributed by atoms with van der Waals surface area (Å²) in [5, 5.41) is 6.43. The number of hydrogen-bond acceptors (Lipinski definition) is 13. The Balaban J connectivity index is 0.000000152. The Labute approximate surface area is 421 Å². The number of carbonyl (C=O) groups excluding carboxylic acids is 3. The second-order valence-corrected chi connectivity index (χ2v) is 17.6. The second kappa shape index (κ2) is 22.9. The Morgan fingerprint density at radius 1 is 0.764 bits per heavy atom. The van der Waals surface area contributed by atoms with E-state index in [1.165, 1.54) is 23.3 Å². The van der Waals surface area contributed by atoms with Gasteiger partial charge in [-0.1, -0.05) is 48.8 Å². The average molecular weight is 1040 g/mol. The van der Waals surface area contributed by atoms with E-state index in [1.807, 2.05) is 23.6 Å². The molecule has 4 aromatic carbocycles. The minimum Gasteiger partial charge on any atom is -0.493 e. The lowest BCUT2D eigenvalue weighted by Gasteiger charge is -2.13. The number of hydrogen-bond donors (Lipinski definition) is 2. The van der Waals surface area contributed by atoms with E-state index in [9.17, 15) is 13.6 Å². The first-order valence-corrected chi connectivity index (χ1v) is 23.7. The zero-order valence-corrected chi connectivity index (χ0v) is 41.3. The maximum atomic E-state index is 14.5. The van der Waals surface area contributed by atoms with E-state index < -0.39 is 0 Å². The summed E-state index contributed by atoms with van der Waals surface area (Å²) in [6, 6.07) is 17.9. The molecule has 1 fully saturated rings. The van der Waals surface area contributed by atoms with Crippen LogP contribution in [0.5, 0.6) is 11.5 Å². The lowest BCUT2D eigenvalue weighted by atomic mass is 10.0. The average Bonchev–Trinajstić information content (AvgIpc) is 4.26. The van der Waals surface area contributed by atoms with Crippen LogP contribution in [-0.2, 0) is 51.4 Å². The van der Waals surface area contributed by atoms with E-state index in [2.05, 4.69) is 90.3 Å². The minimum atomic E-state index is -0.298. The summed E-state index contributed by atoms with van der Waals surface area (Å²) in [5.74, 6) is 2.28. The molecule has 3 aliphatic heterocycles. The van der Waals surface area contributed by atoms with Crippen LogP contribution >= 0.6 is 15.9 Å². The smallest absolute Gasteiger partial charge is 0.373 e. The molecule has 0 saturated carbocycles. The number of rotatable bonds is 10. The molecule has 7 heterocycles. The van der Waals surface area contributed by atoms with E-state index in [4.69, 9.17) is 35.1 Å². The van der Waals surface area contributed by atoms with Crippen molar-refractivity contribution in [3.8, 4) is 22.6 Å². The fourth-order valence-electron chi connectivity index (χ4n) is 8.51. The standard InChI is InChI=1S/C24H18FN5O2.C17H16BrFN4O.C11H14O2.CO2/c1-14-9-15(13-31)3-4-16(14)19-11-28-24(30-12-22(26-2)29-23(19)30)27-10-18-17-7-8-32-21(17)6-5-20(18)25;1-2-10-9-23-16(22-10)13(18)8-21-17(23)20-7-12-11-5-6-24-15(11)4-3-14(12)19;1-8-3-4-10(7-9(8)2)11-12-5-6-13-11;2-1-3/h3-6,9,11-13H,7-8,10H2,1H3,(H,27,28);3-4,8-9H,2,5-7H2,1H3,(H,20,21);3-4,7,11H,5-6H2,1-2H3;. The van der Waals surface area contributed by atoms with Crippen molar-refractivity contribution in [2.75, 3.05) is 37.1 Å². The molecule has 0 spiro atoms. The summed E-state index contributed by atoms with van der Waals surface area (Å²) in [6.45, 7) is 18.7. The molecule has 0 unspecified atom stereocenters. The van der Waals surface area contributed by atoms with E-state index in [-0.39, 0.29) is 36.4 Å². The largest absolute Gasteiger partial charge is 0.493 e. The Hall–Kier alpha value is -7.88. The predicted molar refractivity (Wildman–Crippen MR) is 266 cm³/mol. The predicted octanol–water partition coefficient (Wildman–Crippen LogP) is 10.3. The van der Waals surface area contributed by atoms with E-state index in [1.54, 1.807) is 47.3 Å². The third kappa shape index (κ3) is 11.0. The summed E-state index contributed by atoms with van der Waals surface area (Å²) in [5.41, 5.74) is 12.1. The molecule has 0 amide bonds. The highest BCUT2D eigenvalue weighted by atomic mass is 79.9. The van der Waals surface area contributed by atoms with Crippen molar-refractivity contribution in [2.45, 2.75) is 66.3 Å². The molecular formula is C53H48BrF2N9O7. The Bertz CT molecular complexity index is 3380.